The molecule has 0 saturated carbocycles. The fourth-order valence-corrected chi connectivity index (χ4v) is 6.22. The van der Waals surface area contributed by atoms with Gasteiger partial charge in [-0.3, -0.25) is 4.79 Å². The summed E-state index contributed by atoms with van der Waals surface area (Å²) in [6.07, 6.45) is 1.39. The molecular formula is C27H31N3O7S2. The molecule has 4 rings (SSSR count). The third kappa shape index (κ3) is 7.16. The zero-order valence-corrected chi connectivity index (χ0v) is 23.0. The second-order valence-corrected chi connectivity index (χ2v) is 11.4. The molecule has 2 atom stereocenters. The summed E-state index contributed by atoms with van der Waals surface area (Å²) in [5.74, 6) is 0.0121. The van der Waals surface area contributed by atoms with E-state index in [1.165, 1.54) is 19.2 Å². The zero-order valence-electron chi connectivity index (χ0n) is 21.4. The number of nitrogens with two attached hydrogens (primary N) is 1. The van der Waals surface area contributed by atoms with Crippen molar-refractivity contribution in [1.29, 1.82) is 0 Å². The average molecular weight is 574 g/mol. The van der Waals surface area contributed by atoms with E-state index in [-0.39, 0.29) is 42.9 Å². The number of sulfonamides is 1. The summed E-state index contributed by atoms with van der Waals surface area (Å²) < 4.78 is 44.4. The molecule has 39 heavy (non-hydrogen) atoms. The van der Waals surface area contributed by atoms with Crippen molar-refractivity contribution in [3.05, 3.63) is 82.8 Å². The Balaban J connectivity index is 1.44. The molecule has 1 aliphatic rings. The van der Waals surface area contributed by atoms with Gasteiger partial charge >= 0.3 is 0 Å². The van der Waals surface area contributed by atoms with E-state index in [4.69, 9.17) is 19.9 Å². The number of ether oxygens (including phenoxy) is 3. The van der Waals surface area contributed by atoms with E-state index in [1.54, 1.807) is 53.8 Å². The first-order chi connectivity index (χ1) is 18.8. The molecule has 0 fully saturated rings. The lowest BCUT2D eigenvalue weighted by molar-refractivity contribution is -0.143. The van der Waals surface area contributed by atoms with E-state index in [0.717, 1.165) is 9.87 Å². The van der Waals surface area contributed by atoms with Crippen molar-refractivity contribution >= 4 is 38.6 Å². The Labute approximate surface area is 231 Å². The summed E-state index contributed by atoms with van der Waals surface area (Å²) in [5, 5.41) is 16.2. The van der Waals surface area contributed by atoms with Gasteiger partial charge in [-0.2, -0.15) is 15.6 Å². The topological polar surface area (TPSA) is 140 Å². The van der Waals surface area contributed by atoms with Gasteiger partial charge in [0.05, 0.1) is 36.6 Å². The number of hydrogen-bond acceptors (Lipinski definition) is 9. The summed E-state index contributed by atoms with van der Waals surface area (Å²) >= 11 is 1.55. The maximum absolute atomic E-state index is 13.2. The molecular weight excluding hydrogens is 542 g/mol. The highest BCUT2D eigenvalue weighted by molar-refractivity contribution is 7.89. The molecule has 3 aromatic rings. The van der Waals surface area contributed by atoms with Crippen LogP contribution in [-0.4, -0.2) is 63.4 Å². The second-order valence-electron chi connectivity index (χ2n) is 8.69. The van der Waals surface area contributed by atoms with Gasteiger partial charge < -0.3 is 30.4 Å². The molecule has 0 aliphatic carbocycles. The molecule has 0 radical (unpaired) electrons. The first kappa shape index (κ1) is 28.6. The Kier molecular flexibility index (Phi) is 9.59. The van der Waals surface area contributed by atoms with E-state index in [9.17, 15) is 18.3 Å². The van der Waals surface area contributed by atoms with Crippen LogP contribution in [0.5, 0.6) is 5.75 Å². The van der Waals surface area contributed by atoms with Gasteiger partial charge in [0.1, 0.15) is 5.75 Å². The number of thiophene rings is 1. The molecule has 2 heterocycles. The molecule has 4 N–H and O–H groups in total. The van der Waals surface area contributed by atoms with E-state index in [1.807, 2.05) is 16.8 Å². The number of nitrogen functional groups attached to an aromatic ring is 1. The molecule has 0 unspecified atom stereocenters. The van der Waals surface area contributed by atoms with Crippen LogP contribution in [0.25, 0.3) is 0 Å². The molecule has 12 heteroatoms. The van der Waals surface area contributed by atoms with Crippen LogP contribution in [0.15, 0.2) is 82.1 Å². The molecule has 1 aromatic heterocycles. The second kappa shape index (κ2) is 13.1. The number of allylic oxidation sites excluding steroid dienone is 1. The van der Waals surface area contributed by atoms with Crippen LogP contribution < -0.4 is 15.8 Å². The van der Waals surface area contributed by atoms with Crippen molar-refractivity contribution in [2.45, 2.75) is 23.5 Å². The van der Waals surface area contributed by atoms with Crippen LogP contribution >= 0.6 is 11.3 Å². The van der Waals surface area contributed by atoms with Crippen LogP contribution in [0.1, 0.15) is 17.9 Å². The maximum Gasteiger partial charge on any atom is 0.290 e. The van der Waals surface area contributed by atoms with Gasteiger partial charge in [0.15, 0.2) is 5.76 Å². The Morgan fingerprint density at radius 3 is 2.62 bits per heavy atom. The van der Waals surface area contributed by atoms with Crippen molar-refractivity contribution in [3.8, 4) is 5.75 Å². The molecule has 0 spiro atoms. The highest BCUT2D eigenvalue weighted by Gasteiger charge is 2.30. The fourth-order valence-electron chi connectivity index (χ4n) is 4.08. The first-order valence-corrected chi connectivity index (χ1v) is 14.6. The van der Waals surface area contributed by atoms with Crippen LogP contribution in [0.3, 0.4) is 0 Å². The van der Waals surface area contributed by atoms with Crippen LogP contribution in [0.2, 0.25) is 0 Å². The minimum absolute atomic E-state index is 0.0169. The van der Waals surface area contributed by atoms with E-state index in [0.29, 0.717) is 23.5 Å². The minimum Gasteiger partial charge on any atom is -0.497 e. The van der Waals surface area contributed by atoms with Crippen molar-refractivity contribution in [3.63, 3.8) is 0 Å². The fraction of sp³-hybridized carbons (Fsp3) is 0.296. The number of carbonyl (C=O) groups is 1. The average Bonchev–Trinajstić information content (AvgIpc) is 3.49. The van der Waals surface area contributed by atoms with Crippen molar-refractivity contribution in [2.24, 2.45) is 0 Å². The van der Waals surface area contributed by atoms with Crippen molar-refractivity contribution in [1.82, 2.24) is 4.31 Å². The van der Waals surface area contributed by atoms with Gasteiger partial charge in [-0.15, -0.1) is 0 Å². The number of aliphatic hydroxyl groups is 1. The Hall–Kier alpha value is -3.42. The number of methoxy groups -OCH3 is 1. The molecule has 0 saturated heterocycles. The maximum atomic E-state index is 13.2. The molecule has 10 nitrogen and oxygen atoms in total. The van der Waals surface area contributed by atoms with Crippen molar-refractivity contribution in [2.75, 3.05) is 44.5 Å². The minimum atomic E-state index is -3.89. The van der Waals surface area contributed by atoms with Gasteiger partial charge in [-0.1, -0.05) is 12.1 Å². The summed E-state index contributed by atoms with van der Waals surface area (Å²) in [4.78, 5) is 13.1. The number of aliphatic hydroxyl groups excluding tert-OH is 1. The van der Waals surface area contributed by atoms with E-state index in [2.05, 4.69) is 5.32 Å². The highest BCUT2D eigenvalue weighted by Crippen LogP contribution is 2.33. The first-order valence-electron chi connectivity index (χ1n) is 12.2. The lowest BCUT2D eigenvalue weighted by Gasteiger charge is -2.30. The molecule has 1 aliphatic heterocycles. The summed E-state index contributed by atoms with van der Waals surface area (Å²) in [6.45, 7) is -0.501. The molecule has 0 bridgehead atoms. The standard InChI is InChI=1S/C27H31N3O7S2/c1-35-21-6-8-22(9-7-21)39(33,34)30(11-13-31)12-14-36-26-17-20(19-10-15-38-18-19)16-25(37-26)27(32)29-24-5-3-2-4-23(24)28/h2-10,15-16,18,20,26,31H,11-14,17,28H2,1H3,(H,29,32)/t20-,26+/m1/s1. The predicted molar refractivity (Wildman–Crippen MR) is 149 cm³/mol. The summed E-state index contributed by atoms with van der Waals surface area (Å²) in [7, 11) is -2.39. The number of hydrogen-bond donors (Lipinski definition) is 3. The normalized spacial score (nSPS) is 17.4. The number of para-hydroxylation sites is 2. The molecule has 2 aromatic carbocycles. The van der Waals surface area contributed by atoms with E-state index >= 15 is 0 Å². The zero-order chi connectivity index (χ0) is 27.8. The smallest absolute Gasteiger partial charge is 0.290 e. The van der Waals surface area contributed by atoms with Gasteiger partial charge in [-0.05, 0) is 64.9 Å². The van der Waals surface area contributed by atoms with Crippen LogP contribution in [0, 0.1) is 0 Å². The number of amides is 1. The van der Waals surface area contributed by atoms with Gasteiger partial charge in [0, 0.05) is 25.4 Å². The SMILES string of the molecule is COc1ccc(S(=O)(=O)N(CCO)CCO[C@@H]2C[C@H](c3ccsc3)C=C(C(=O)Nc3ccccc3N)O2)cc1. The number of rotatable bonds is 12. The Morgan fingerprint density at radius 1 is 1.18 bits per heavy atom. The van der Waals surface area contributed by atoms with E-state index < -0.39 is 22.2 Å². The van der Waals surface area contributed by atoms with Crippen molar-refractivity contribution < 1.29 is 32.5 Å². The monoisotopic (exact) mass is 573 g/mol. The van der Waals surface area contributed by atoms with Crippen LogP contribution in [-0.2, 0) is 24.3 Å². The molecule has 208 valence electrons. The number of anilines is 2. The molecule has 1 amide bonds. The van der Waals surface area contributed by atoms with Gasteiger partial charge in [-0.25, -0.2) is 8.42 Å². The third-order valence-corrected chi connectivity index (χ3v) is 8.77. The van der Waals surface area contributed by atoms with Gasteiger partial charge in [0.2, 0.25) is 16.3 Å². The number of carbonyl (C=O) groups excluding carboxylic acids is 1. The Morgan fingerprint density at radius 2 is 1.95 bits per heavy atom. The summed E-state index contributed by atoms with van der Waals surface area (Å²) in [6, 6.07) is 14.9. The lowest BCUT2D eigenvalue weighted by atomic mass is 9.95. The third-order valence-electron chi connectivity index (χ3n) is 6.15. The lowest BCUT2D eigenvalue weighted by Crippen LogP contribution is -2.37. The Bertz CT molecular complexity index is 1380. The summed E-state index contributed by atoms with van der Waals surface area (Å²) in [5.41, 5.74) is 7.87. The number of nitrogens with one attached hydrogen (secondary N) is 1. The van der Waals surface area contributed by atoms with Crippen LogP contribution in [0.4, 0.5) is 11.4 Å². The quantitative estimate of drug-likeness (QED) is 0.280. The van der Waals surface area contributed by atoms with Gasteiger partial charge in [0.25, 0.3) is 5.91 Å². The largest absolute Gasteiger partial charge is 0.497 e. The predicted octanol–water partition coefficient (Wildman–Crippen LogP) is 3.39. The number of nitrogens with zero attached hydrogens (tertiary/aromatic N) is 1. The highest BCUT2D eigenvalue weighted by atomic mass is 32.2. The number of benzene rings is 2.